The fraction of sp³-hybridized carbons (Fsp3) is 0.111. The van der Waals surface area contributed by atoms with Gasteiger partial charge in [0, 0.05) is 13.1 Å². The van der Waals surface area contributed by atoms with Gasteiger partial charge in [-0.15, -0.1) is 5.10 Å². The molecule has 2 N–H and O–H groups in total. The summed E-state index contributed by atoms with van der Waals surface area (Å²) < 4.78 is 1.37. The van der Waals surface area contributed by atoms with Gasteiger partial charge in [-0.2, -0.15) is 4.98 Å². The van der Waals surface area contributed by atoms with E-state index in [1.807, 2.05) is 0 Å². The first-order valence-electron chi connectivity index (χ1n) is 4.50. The number of hydrogen-bond acceptors (Lipinski definition) is 5. The Bertz CT molecular complexity index is 529. The largest absolute Gasteiger partial charge is 0.368 e. The maximum atomic E-state index is 10.8. The van der Waals surface area contributed by atoms with E-state index in [0.29, 0.717) is 5.56 Å². The maximum absolute atomic E-state index is 10.8. The summed E-state index contributed by atoms with van der Waals surface area (Å²) in [5, 5.41) is 14.8. The Morgan fingerprint density at radius 3 is 2.69 bits per heavy atom. The van der Waals surface area contributed by atoms with Gasteiger partial charge in [-0.25, -0.2) is 4.68 Å². The third kappa shape index (κ3) is 1.58. The van der Waals surface area contributed by atoms with Crippen LogP contribution in [0, 0.1) is 10.1 Å². The molecule has 0 spiro atoms. The third-order valence-electron chi connectivity index (χ3n) is 2.14. The molecule has 1 heterocycles. The Balaban J connectivity index is 2.59. The lowest BCUT2D eigenvalue weighted by atomic mass is 10.2. The molecule has 0 atom stereocenters. The molecule has 1 aromatic heterocycles. The summed E-state index contributed by atoms with van der Waals surface area (Å²) in [7, 11) is 1.63. The highest BCUT2D eigenvalue weighted by Crippen LogP contribution is 2.26. The number of benzene rings is 1. The predicted octanol–water partition coefficient (Wildman–Crippen LogP) is 0.972. The normalized spacial score (nSPS) is 10.3. The molecule has 0 fully saturated rings. The van der Waals surface area contributed by atoms with Gasteiger partial charge in [-0.3, -0.25) is 10.1 Å². The summed E-state index contributed by atoms with van der Waals surface area (Å²) >= 11 is 0. The van der Waals surface area contributed by atoms with Crippen LogP contribution in [0.3, 0.4) is 0 Å². The van der Waals surface area contributed by atoms with Crippen molar-refractivity contribution in [2.45, 2.75) is 0 Å². The van der Waals surface area contributed by atoms with E-state index in [1.165, 1.54) is 10.7 Å². The number of nitrogen functional groups attached to an aromatic ring is 1. The van der Waals surface area contributed by atoms with Crippen molar-refractivity contribution in [3.8, 4) is 11.4 Å². The molecule has 0 saturated heterocycles. The lowest BCUT2D eigenvalue weighted by Gasteiger charge is -1.96. The van der Waals surface area contributed by atoms with Gasteiger partial charge in [-0.1, -0.05) is 12.1 Å². The maximum Gasteiger partial charge on any atom is 0.280 e. The van der Waals surface area contributed by atoms with Crippen LogP contribution in [0.2, 0.25) is 0 Å². The Kier molecular flexibility index (Phi) is 2.28. The van der Waals surface area contributed by atoms with Gasteiger partial charge >= 0.3 is 0 Å². The van der Waals surface area contributed by atoms with Crippen molar-refractivity contribution in [1.29, 1.82) is 0 Å². The van der Waals surface area contributed by atoms with Crippen molar-refractivity contribution in [2.75, 3.05) is 5.73 Å². The van der Waals surface area contributed by atoms with Gasteiger partial charge in [0.2, 0.25) is 5.95 Å². The predicted molar refractivity (Wildman–Crippen MR) is 57.5 cm³/mol. The van der Waals surface area contributed by atoms with Crippen LogP contribution >= 0.6 is 0 Å². The van der Waals surface area contributed by atoms with E-state index in [-0.39, 0.29) is 17.5 Å². The Morgan fingerprint density at radius 2 is 2.12 bits per heavy atom. The molecule has 2 rings (SSSR count). The van der Waals surface area contributed by atoms with Crippen LogP contribution in [0.5, 0.6) is 0 Å². The number of aromatic nitrogens is 3. The molecule has 0 aliphatic rings. The first-order valence-corrected chi connectivity index (χ1v) is 4.50. The number of aryl methyl sites for hydroxylation is 1. The molecule has 0 aliphatic heterocycles. The SMILES string of the molecule is Cn1nc(-c2ccccc2[N+](=O)[O-])nc1N. The lowest BCUT2D eigenvalue weighted by Crippen LogP contribution is -1.97. The number of hydrogen-bond donors (Lipinski definition) is 1. The standard InChI is InChI=1S/C9H9N5O2/c1-13-9(10)11-8(12-13)6-4-2-3-5-7(6)14(15)16/h2-5H,1H3,(H2,10,11,12). The number of nitrogens with zero attached hydrogens (tertiary/aromatic N) is 4. The first-order chi connectivity index (χ1) is 7.59. The molecule has 0 aliphatic carbocycles. The van der Waals surface area contributed by atoms with Crippen LogP contribution in [-0.4, -0.2) is 19.7 Å². The molecule has 7 nitrogen and oxygen atoms in total. The fourth-order valence-electron chi connectivity index (χ4n) is 1.33. The number of anilines is 1. The number of para-hydroxylation sites is 1. The fourth-order valence-corrected chi connectivity index (χ4v) is 1.33. The molecular formula is C9H9N5O2. The van der Waals surface area contributed by atoms with E-state index >= 15 is 0 Å². The van der Waals surface area contributed by atoms with Gasteiger partial charge in [0.25, 0.3) is 5.69 Å². The Morgan fingerprint density at radius 1 is 1.44 bits per heavy atom. The molecule has 7 heteroatoms. The summed E-state index contributed by atoms with van der Waals surface area (Å²) in [4.78, 5) is 14.3. The zero-order valence-electron chi connectivity index (χ0n) is 8.49. The second kappa shape index (κ2) is 3.61. The number of nitro benzene ring substituents is 1. The van der Waals surface area contributed by atoms with Crippen LogP contribution in [0.15, 0.2) is 24.3 Å². The van der Waals surface area contributed by atoms with Crippen LogP contribution < -0.4 is 5.73 Å². The van der Waals surface area contributed by atoms with E-state index in [9.17, 15) is 10.1 Å². The van der Waals surface area contributed by atoms with Gasteiger partial charge in [-0.05, 0) is 6.07 Å². The summed E-state index contributed by atoms with van der Waals surface area (Å²) in [6.07, 6.45) is 0. The van der Waals surface area contributed by atoms with Gasteiger partial charge in [0.1, 0.15) is 0 Å². The van der Waals surface area contributed by atoms with Crippen molar-refractivity contribution >= 4 is 11.6 Å². The molecule has 0 bridgehead atoms. The highest BCUT2D eigenvalue weighted by Gasteiger charge is 2.18. The highest BCUT2D eigenvalue weighted by atomic mass is 16.6. The first kappa shape index (κ1) is 10.1. The molecule has 82 valence electrons. The zero-order valence-corrected chi connectivity index (χ0v) is 8.49. The van der Waals surface area contributed by atoms with E-state index < -0.39 is 4.92 Å². The molecular weight excluding hydrogens is 210 g/mol. The minimum Gasteiger partial charge on any atom is -0.368 e. The van der Waals surface area contributed by atoms with Crippen LogP contribution in [0.4, 0.5) is 11.6 Å². The van der Waals surface area contributed by atoms with Crippen LogP contribution in [0.25, 0.3) is 11.4 Å². The summed E-state index contributed by atoms with van der Waals surface area (Å²) in [5.74, 6) is 0.473. The molecule has 2 aromatic rings. The average molecular weight is 219 g/mol. The lowest BCUT2D eigenvalue weighted by molar-refractivity contribution is -0.384. The summed E-state index contributed by atoms with van der Waals surface area (Å²) in [6.45, 7) is 0. The van der Waals surface area contributed by atoms with Crippen molar-refractivity contribution in [1.82, 2.24) is 14.8 Å². The molecule has 0 saturated carbocycles. The third-order valence-corrected chi connectivity index (χ3v) is 2.14. The van der Waals surface area contributed by atoms with Crippen LogP contribution in [-0.2, 0) is 7.05 Å². The monoisotopic (exact) mass is 219 g/mol. The van der Waals surface area contributed by atoms with E-state index in [2.05, 4.69) is 10.1 Å². The van der Waals surface area contributed by atoms with Crippen molar-refractivity contribution in [3.63, 3.8) is 0 Å². The van der Waals surface area contributed by atoms with E-state index in [1.54, 1.807) is 25.2 Å². The van der Waals surface area contributed by atoms with E-state index in [0.717, 1.165) is 0 Å². The number of nitro groups is 1. The second-order valence-corrected chi connectivity index (χ2v) is 3.19. The molecule has 1 aromatic carbocycles. The minimum atomic E-state index is -0.470. The van der Waals surface area contributed by atoms with Crippen molar-refractivity contribution < 1.29 is 4.92 Å². The minimum absolute atomic E-state index is 0.0342. The van der Waals surface area contributed by atoms with Crippen LogP contribution in [0.1, 0.15) is 0 Å². The molecule has 0 radical (unpaired) electrons. The highest BCUT2D eigenvalue weighted by molar-refractivity contribution is 5.68. The van der Waals surface area contributed by atoms with Gasteiger partial charge in [0.15, 0.2) is 5.82 Å². The smallest absolute Gasteiger partial charge is 0.280 e. The molecule has 16 heavy (non-hydrogen) atoms. The summed E-state index contributed by atoms with van der Waals surface area (Å²) in [5.41, 5.74) is 5.85. The van der Waals surface area contributed by atoms with Crippen molar-refractivity contribution in [2.24, 2.45) is 7.05 Å². The van der Waals surface area contributed by atoms with E-state index in [4.69, 9.17) is 5.73 Å². The number of nitrogens with two attached hydrogens (primary N) is 1. The Hall–Kier alpha value is -2.44. The zero-order chi connectivity index (χ0) is 11.7. The number of rotatable bonds is 2. The second-order valence-electron chi connectivity index (χ2n) is 3.19. The van der Waals surface area contributed by atoms with Gasteiger partial charge in [0.05, 0.1) is 10.5 Å². The Labute approximate surface area is 90.7 Å². The molecule has 0 unspecified atom stereocenters. The quantitative estimate of drug-likeness (QED) is 0.599. The topological polar surface area (TPSA) is 99.9 Å². The van der Waals surface area contributed by atoms with Crippen molar-refractivity contribution in [3.05, 3.63) is 34.4 Å². The molecule has 0 amide bonds. The summed E-state index contributed by atoms with van der Waals surface area (Å²) in [6, 6.07) is 6.28. The average Bonchev–Trinajstić information content (AvgIpc) is 2.59. The van der Waals surface area contributed by atoms with Gasteiger partial charge < -0.3 is 5.73 Å².